The summed E-state index contributed by atoms with van der Waals surface area (Å²) in [5.41, 5.74) is -0.353. The molecule has 0 radical (unpaired) electrons. The molecular formula is C10H19O4S-. The van der Waals surface area contributed by atoms with Gasteiger partial charge in [-0.15, -0.1) is 4.33 Å². The molecule has 0 heterocycles. The van der Waals surface area contributed by atoms with Crippen molar-refractivity contribution in [2.24, 2.45) is 0 Å². The van der Waals surface area contributed by atoms with Crippen LogP contribution < -0.4 is 0 Å². The largest absolute Gasteiger partial charge is 0.748 e. The minimum atomic E-state index is -2.57. The summed E-state index contributed by atoms with van der Waals surface area (Å²) in [5.74, 6) is 0. The monoisotopic (exact) mass is 235 g/mol. The lowest BCUT2D eigenvalue weighted by Crippen LogP contribution is -2.35. The summed E-state index contributed by atoms with van der Waals surface area (Å²) in [7, 11) is 0. The molecule has 0 spiro atoms. The average Bonchev–Trinajstić information content (AvgIpc) is 2.25. The van der Waals surface area contributed by atoms with Crippen LogP contribution in [0.1, 0.15) is 58.3 Å². The van der Waals surface area contributed by atoms with Crippen molar-refractivity contribution in [2.75, 3.05) is 0 Å². The highest BCUT2D eigenvalue weighted by Crippen LogP contribution is 2.36. The molecule has 0 aromatic heterocycles. The van der Waals surface area contributed by atoms with Gasteiger partial charge < -0.3 is 4.55 Å². The molecule has 1 saturated carbocycles. The third kappa shape index (κ3) is 4.59. The topological polar surface area (TPSA) is 58.6 Å². The molecule has 1 unspecified atom stereocenters. The van der Waals surface area contributed by atoms with Gasteiger partial charge in [-0.1, -0.05) is 39.0 Å². The first-order valence-corrected chi connectivity index (χ1v) is 6.64. The fourth-order valence-electron chi connectivity index (χ4n) is 2.17. The van der Waals surface area contributed by atoms with E-state index in [1.807, 2.05) is 0 Å². The summed E-state index contributed by atoms with van der Waals surface area (Å²) >= 11 is -2.57. The van der Waals surface area contributed by atoms with E-state index in [4.69, 9.17) is 4.89 Å². The Labute approximate surface area is 93.8 Å². The molecule has 1 atom stereocenters. The van der Waals surface area contributed by atoms with Crippen LogP contribution in [0.15, 0.2) is 0 Å². The van der Waals surface area contributed by atoms with Crippen molar-refractivity contribution in [1.29, 1.82) is 0 Å². The normalized spacial score (nSPS) is 22.5. The van der Waals surface area contributed by atoms with E-state index >= 15 is 0 Å². The summed E-state index contributed by atoms with van der Waals surface area (Å²) < 4.78 is 24.9. The Hall–Kier alpha value is 0.0300. The van der Waals surface area contributed by atoms with E-state index in [9.17, 15) is 8.76 Å². The standard InChI is InChI=1S/C10H20O4S/c1-2-3-7-10(13-14-15(11)12)8-5-4-6-9-10/h2-9H2,1H3,(H,11,12)/p-1. The minimum absolute atomic E-state index is 0.353. The first-order chi connectivity index (χ1) is 7.18. The molecule has 15 heavy (non-hydrogen) atoms. The summed E-state index contributed by atoms with van der Waals surface area (Å²) in [5, 5.41) is 0. The summed E-state index contributed by atoms with van der Waals surface area (Å²) in [6, 6.07) is 0. The zero-order valence-electron chi connectivity index (χ0n) is 9.20. The van der Waals surface area contributed by atoms with Gasteiger partial charge in [-0.3, -0.25) is 0 Å². The Kier molecular flexibility index (Phi) is 5.74. The van der Waals surface area contributed by atoms with Crippen LogP contribution in [0.4, 0.5) is 0 Å². The number of unbranched alkanes of at least 4 members (excludes halogenated alkanes) is 1. The van der Waals surface area contributed by atoms with E-state index in [1.165, 1.54) is 6.42 Å². The maximum atomic E-state index is 10.3. The zero-order chi connectivity index (χ0) is 11.1. The minimum Gasteiger partial charge on any atom is -0.748 e. The lowest BCUT2D eigenvalue weighted by atomic mass is 9.81. The Morgan fingerprint density at radius 3 is 2.53 bits per heavy atom. The molecule has 5 heteroatoms. The van der Waals surface area contributed by atoms with Crippen molar-refractivity contribution in [3.8, 4) is 0 Å². The van der Waals surface area contributed by atoms with Gasteiger partial charge in [-0.2, -0.15) is 0 Å². The van der Waals surface area contributed by atoms with Gasteiger partial charge in [0.2, 0.25) is 0 Å². The molecule has 4 nitrogen and oxygen atoms in total. The molecule has 1 aliphatic carbocycles. The molecule has 0 bridgehead atoms. The van der Waals surface area contributed by atoms with E-state index in [0.717, 1.165) is 44.9 Å². The van der Waals surface area contributed by atoms with E-state index in [2.05, 4.69) is 11.3 Å². The molecule has 0 N–H and O–H groups in total. The molecule has 0 aromatic carbocycles. The molecule has 1 fully saturated rings. The van der Waals surface area contributed by atoms with Crippen LogP contribution in [0, 0.1) is 0 Å². The lowest BCUT2D eigenvalue weighted by molar-refractivity contribution is -0.300. The maximum absolute atomic E-state index is 10.3. The van der Waals surface area contributed by atoms with Crippen LogP contribution in [-0.2, 0) is 20.6 Å². The van der Waals surface area contributed by atoms with Gasteiger partial charge in [0.15, 0.2) is 0 Å². The van der Waals surface area contributed by atoms with Gasteiger partial charge in [-0.05, 0) is 19.3 Å². The third-order valence-electron chi connectivity index (χ3n) is 3.02. The SMILES string of the molecule is CCCCC1(OOS(=O)[O-])CCCCC1. The van der Waals surface area contributed by atoms with Crippen LogP contribution in [0.2, 0.25) is 0 Å². The molecule has 0 aliphatic heterocycles. The number of rotatable bonds is 6. The average molecular weight is 235 g/mol. The summed E-state index contributed by atoms with van der Waals surface area (Å²) in [6.07, 6.45) is 8.24. The summed E-state index contributed by atoms with van der Waals surface area (Å²) in [6.45, 7) is 2.11. The highest BCUT2D eigenvalue weighted by Gasteiger charge is 2.34. The second-order valence-corrected chi connectivity index (χ2v) is 4.75. The van der Waals surface area contributed by atoms with Crippen LogP contribution in [0.3, 0.4) is 0 Å². The van der Waals surface area contributed by atoms with Crippen molar-refractivity contribution >= 4 is 11.4 Å². The van der Waals surface area contributed by atoms with E-state index in [1.54, 1.807) is 0 Å². The van der Waals surface area contributed by atoms with Crippen LogP contribution >= 0.6 is 0 Å². The number of hydrogen-bond donors (Lipinski definition) is 0. The van der Waals surface area contributed by atoms with Crippen LogP contribution in [-0.4, -0.2) is 14.4 Å². The smallest absolute Gasteiger partial charge is 0.120 e. The highest BCUT2D eigenvalue weighted by molar-refractivity contribution is 7.73. The molecule has 0 saturated heterocycles. The fraction of sp³-hybridized carbons (Fsp3) is 1.00. The number of hydrogen-bond acceptors (Lipinski definition) is 4. The van der Waals surface area contributed by atoms with Gasteiger partial charge >= 0.3 is 0 Å². The lowest BCUT2D eigenvalue weighted by Gasteiger charge is -2.35. The van der Waals surface area contributed by atoms with E-state index in [-0.39, 0.29) is 5.60 Å². The Morgan fingerprint density at radius 1 is 1.33 bits per heavy atom. The van der Waals surface area contributed by atoms with Gasteiger partial charge in [0.25, 0.3) is 0 Å². The highest BCUT2D eigenvalue weighted by atomic mass is 32.2. The van der Waals surface area contributed by atoms with Gasteiger partial charge in [0, 0.05) is 0 Å². The molecule has 1 rings (SSSR count). The Balaban J connectivity index is 2.45. The molecule has 1 aliphatic rings. The van der Waals surface area contributed by atoms with Crippen molar-refractivity contribution in [2.45, 2.75) is 63.9 Å². The van der Waals surface area contributed by atoms with Crippen molar-refractivity contribution in [1.82, 2.24) is 0 Å². The predicted molar refractivity (Wildman–Crippen MR) is 56.4 cm³/mol. The predicted octanol–water partition coefficient (Wildman–Crippen LogP) is 2.62. The summed E-state index contributed by atoms with van der Waals surface area (Å²) in [4.78, 5) is 5.12. The van der Waals surface area contributed by atoms with Gasteiger partial charge in [0.1, 0.15) is 17.0 Å². The maximum Gasteiger partial charge on any atom is 0.120 e. The van der Waals surface area contributed by atoms with Crippen molar-refractivity contribution in [3.63, 3.8) is 0 Å². The third-order valence-corrected chi connectivity index (χ3v) is 3.20. The first-order valence-electron chi connectivity index (χ1n) is 5.64. The second kappa shape index (κ2) is 6.58. The molecule has 90 valence electrons. The van der Waals surface area contributed by atoms with Crippen molar-refractivity contribution in [3.05, 3.63) is 0 Å². The van der Waals surface area contributed by atoms with Gasteiger partial charge in [0.05, 0.1) is 0 Å². The van der Waals surface area contributed by atoms with E-state index in [0.29, 0.717) is 0 Å². The Bertz CT molecular complexity index is 202. The molecule has 0 amide bonds. The van der Waals surface area contributed by atoms with E-state index < -0.39 is 11.4 Å². The van der Waals surface area contributed by atoms with Gasteiger partial charge in [-0.25, -0.2) is 9.10 Å². The fourth-order valence-corrected chi connectivity index (χ4v) is 2.37. The second-order valence-electron chi connectivity index (χ2n) is 4.20. The quantitative estimate of drug-likeness (QED) is 0.403. The Morgan fingerprint density at radius 2 is 2.00 bits per heavy atom. The molecular weight excluding hydrogens is 216 g/mol. The molecule has 0 aromatic rings. The zero-order valence-corrected chi connectivity index (χ0v) is 10.0. The van der Waals surface area contributed by atoms with Crippen LogP contribution in [0.25, 0.3) is 0 Å². The van der Waals surface area contributed by atoms with Crippen molar-refractivity contribution < 1.29 is 18.0 Å². The van der Waals surface area contributed by atoms with Crippen LogP contribution in [0.5, 0.6) is 0 Å². The first kappa shape index (κ1) is 13.1.